The number of carbonyl (C=O) groups is 1. The number of amides is 1. The summed E-state index contributed by atoms with van der Waals surface area (Å²) in [6.45, 7) is 3.96. The van der Waals surface area contributed by atoms with E-state index in [2.05, 4.69) is 6.92 Å². The van der Waals surface area contributed by atoms with Gasteiger partial charge in [0.15, 0.2) is 0 Å². The molecule has 0 spiro atoms. The molecule has 21 heavy (non-hydrogen) atoms. The first kappa shape index (κ1) is 16.0. The predicted octanol–water partition coefficient (Wildman–Crippen LogP) is 2.94. The zero-order chi connectivity index (χ0) is 15.2. The normalized spacial score (nSPS) is 21.5. The van der Waals surface area contributed by atoms with Gasteiger partial charge < -0.3 is 10.6 Å². The van der Waals surface area contributed by atoms with Crippen molar-refractivity contribution in [2.45, 2.75) is 39.2 Å². The van der Waals surface area contributed by atoms with Crippen LogP contribution >= 0.6 is 0 Å². The fourth-order valence-electron chi connectivity index (χ4n) is 3.23. The van der Waals surface area contributed by atoms with Gasteiger partial charge in [-0.2, -0.15) is 0 Å². The molecule has 2 N–H and O–H groups in total. The zero-order valence-electron chi connectivity index (χ0n) is 12.7. The predicted molar refractivity (Wildman–Crippen MR) is 82.0 cm³/mol. The fraction of sp³-hybridized carbons (Fsp3) is 0.588. The second-order valence-corrected chi connectivity index (χ2v) is 5.92. The molecule has 2 rings (SSSR count). The molecule has 1 amide bonds. The van der Waals surface area contributed by atoms with E-state index < -0.39 is 0 Å². The van der Waals surface area contributed by atoms with Gasteiger partial charge in [-0.05, 0) is 49.4 Å². The molecule has 116 valence electrons. The summed E-state index contributed by atoms with van der Waals surface area (Å²) >= 11 is 0. The Morgan fingerprint density at radius 3 is 2.67 bits per heavy atom. The molecular formula is C17H25FN2O. The topological polar surface area (TPSA) is 46.3 Å². The van der Waals surface area contributed by atoms with Gasteiger partial charge in [0.1, 0.15) is 5.82 Å². The SMILES string of the molecule is CCCN(Cc1ccc(F)cc1)C(=O)[C@@H]1CCC[C@@H]1CN. The molecular weight excluding hydrogens is 267 g/mol. The second kappa shape index (κ2) is 7.55. The Bertz CT molecular complexity index is 460. The van der Waals surface area contributed by atoms with Crippen LogP contribution in [-0.4, -0.2) is 23.9 Å². The van der Waals surface area contributed by atoms with Gasteiger partial charge in [0.25, 0.3) is 0 Å². The van der Waals surface area contributed by atoms with Crippen molar-refractivity contribution in [3.63, 3.8) is 0 Å². The molecule has 0 unspecified atom stereocenters. The molecule has 0 radical (unpaired) electrons. The van der Waals surface area contributed by atoms with Crippen LogP contribution in [0.5, 0.6) is 0 Å². The highest BCUT2D eigenvalue weighted by molar-refractivity contribution is 5.79. The summed E-state index contributed by atoms with van der Waals surface area (Å²) in [5.74, 6) is 0.368. The lowest BCUT2D eigenvalue weighted by Crippen LogP contribution is -2.39. The summed E-state index contributed by atoms with van der Waals surface area (Å²) in [6.07, 6.45) is 4.02. The third kappa shape index (κ3) is 4.03. The van der Waals surface area contributed by atoms with Gasteiger partial charge in [0.05, 0.1) is 0 Å². The van der Waals surface area contributed by atoms with Crippen LogP contribution in [0.25, 0.3) is 0 Å². The minimum Gasteiger partial charge on any atom is -0.338 e. The largest absolute Gasteiger partial charge is 0.338 e. The lowest BCUT2D eigenvalue weighted by molar-refractivity contribution is -0.137. The highest BCUT2D eigenvalue weighted by atomic mass is 19.1. The van der Waals surface area contributed by atoms with E-state index in [1.165, 1.54) is 12.1 Å². The Labute approximate surface area is 126 Å². The summed E-state index contributed by atoms with van der Waals surface area (Å²) in [5, 5.41) is 0. The van der Waals surface area contributed by atoms with E-state index in [1.807, 2.05) is 4.90 Å². The first-order valence-corrected chi connectivity index (χ1v) is 7.89. The molecule has 3 nitrogen and oxygen atoms in total. The third-order valence-corrected chi connectivity index (χ3v) is 4.37. The Balaban J connectivity index is 2.07. The van der Waals surface area contributed by atoms with Crippen molar-refractivity contribution in [1.29, 1.82) is 0 Å². The Morgan fingerprint density at radius 1 is 1.33 bits per heavy atom. The fourth-order valence-corrected chi connectivity index (χ4v) is 3.23. The number of hydrogen-bond acceptors (Lipinski definition) is 2. The molecule has 0 aliphatic heterocycles. The molecule has 1 aromatic rings. The molecule has 0 bridgehead atoms. The molecule has 0 heterocycles. The van der Waals surface area contributed by atoms with Gasteiger partial charge in [0, 0.05) is 19.0 Å². The summed E-state index contributed by atoms with van der Waals surface area (Å²) in [5.41, 5.74) is 6.77. The van der Waals surface area contributed by atoms with Crippen LogP contribution in [0.2, 0.25) is 0 Å². The van der Waals surface area contributed by atoms with Crippen LogP contribution in [0.3, 0.4) is 0 Å². The van der Waals surface area contributed by atoms with E-state index in [0.717, 1.165) is 37.8 Å². The van der Waals surface area contributed by atoms with E-state index in [4.69, 9.17) is 5.73 Å². The van der Waals surface area contributed by atoms with Crippen LogP contribution in [0.1, 0.15) is 38.2 Å². The molecule has 1 saturated carbocycles. The number of rotatable bonds is 6. The second-order valence-electron chi connectivity index (χ2n) is 5.92. The van der Waals surface area contributed by atoms with Crippen molar-refractivity contribution < 1.29 is 9.18 Å². The Kier molecular flexibility index (Phi) is 5.74. The smallest absolute Gasteiger partial charge is 0.226 e. The lowest BCUT2D eigenvalue weighted by atomic mass is 9.94. The highest BCUT2D eigenvalue weighted by Crippen LogP contribution is 2.32. The minimum atomic E-state index is -0.244. The van der Waals surface area contributed by atoms with Crippen LogP contribution in [0.4, 0.5) is 4.39 Å². The Hall–Kier alpha value is -1.42. The molecule has 1 fully saturated rings. The van der Waals surface area contributed by atoms with Crippen LogP contribution in [0.15, 0.2) is 24.3 Å². The summed E-state index contributed by atoms with van der Waals surface area (Å²) in [6, 6.07) is 6.39. The number of hydrogen-bond donors (Lipinski definition) is 1. The lowest BCUT2D eigenvalue weighted by Gasteiger charge is -2.28. The first-order valence-electron chi connectivity index (χ1n) is 7.89. The van der Waals surface area contributed by atoms with Crippen molar-refractivity contribution in [2.75, 3.05) is 13.1 Å². The van der Waals surface area contributed by atoms with Crippen LogP contribution < -0.4 is 5.73 Å². The van der Waals surface area contributed by atoms with E-state index in [9.17, 15) is 9.18 Å². The van der Waals surface area contributed by atoms with Crippen molar-refractivity contribution in [3.05, 3.63) is 35.6 Å². The maximum atomic E-state index is 13.0. The third-order valence-electron chi connectivity index (χ3n) is 4.37. The molecule has 0 aromatic heterocycles. The van der Waals surface area contributed by atoms with E-state index in [1.54, 1.807) is 12.1 Å². The standard InChI is InChI=1S/C17H25FN2O/c1-2-10-20(12-13-6-8-15(18)9-7-13)17(21)16-5-3-4-14(16)11-19/h6-9,14,16H,2-5,10-12,19H2,1H3/t14-,16-/m1/s1. The Morgan fingerprint density at radius 2 is 2.05 bits per heavy atom. The van der Waals surface area contributed by atoms with Gasteiger partial charge in [-0.3, -0.25) is 4.79 Å². The van der Waals surface area contributed by atoms with Gasteiger partial charge in [-0.1, -0.05) is 25.5 Å². The number of carbonyl (C=O) groups excluding carboxylic acids is 1. The monoisotopic (exact) mass is 292 g/mol. The zero-order valence-corrected chi connectivity index (χ0v) is 12.7. The molecule has 1 aromatic carbocycles. The van der Waals surface area contributed by atoms with Crippen molar-refractivity contribution in [3.8, 4) is 0 Å². The number of halogens is 1. The molecule has 0 saturated heterocycles. The summed E-state index contributed by atoms with van der Waals surface area (Å²) < 4.78 is 13.0. The maximum Gasteiger partial charge on any atom is 0.226 e. The maximum absolute atomic E-state index is 13.0. The summed E-state index contributed by atoms with van der Waals surface area (Å²) in [4.78, 5) is 14.7. The van der Waals surface area contributed by atoms with Crippen molar-refractivity contribution >= 4 is 5.91 Å². The van der Waals surface area contributed by atoms with Gasteiger partial charge in [-0.15, -0.1) is 0 Å². The van der Waals surface area contributed by atoms with Gasteiger partial charge >= 0.3 is 0 Å². The van der Waals surface area contributed by atoms with Crippen LogP contribution in [-0.2, 0) is 11.3 Å². The molecule has 4 heteroatoms. The van der Waals surface area contributed by atoms with E-state index in [0.29, 0.717) is 19.0 Å². The van der Waals surface area contributed by atoms with Crippen LogP contribution in [0, 0.1) is 17.7 Å². The van der Waals surface area contributed by atoms with Gasteiger partial charge in [-0.25, -0.2) is 4.39 Å². The van der Waals surface area contributed by atoms with E-state index >= 15 is 0 Å². The van der Waals surface area contributed by atoms with Crippen molar-refractivity contribution in [2.24, 2.45) is 17.6 Å². The number of nitrogens with two attached hydrogens (primary N) is 1. The van der Waals surface area contributed by atoms with Gasteiger partial charge in [0.2, 0.25) is 5.91 Å². The van der Waals surface area contributed by atoms with E-state index in [-0.39, 0.29) is 17.6 Å². The highest BCUT2D eigenvalue weighted by Gasteiger charge is 2.34. The summed E-state index contributed by atoms with van der Waals surface area (Å²) in [7, 11) is 0. The molecule has 2 atom stereocenters. The molecule has 1 aliphatic carbocycles. The number of benzene rings is 1. The first-order chi connectivity index (χ1) is 10.2. The quantitative estimate of drug-likeness (QED) is 0.876. The van der Waals surface area contributed by atoms with Crippen molar-refractivity contribution in [1.82, 2.24) is 4.90 Å². The molecule has 1 aliphatic rings. The average molecular weight is 292 g/mol. The number of nitrogens with zero attached hydrogens (tertiary/aromatic N) is 1. The average Bonchev–Trinajstić information content (AvgIpc) is 2.96. The minimum absolute atomic E-state index is 0.0713.